The number of pyridine rings is 1. The Balaban J connectivity index is 2.24. The third kappa shape index (κ3) is 3.14. The first-order valence-electron chi connectivity index (χ1n) is 6.11. The smallest absolute Gasteiger partial charge is 0.310 e. The van der Waals surface area contributed by atoms with E-state index in [9.17, 15) is 20.0 Å². The number of rotatable bonds is 3. The molecule has 108 valence electrons. The molecule has 0 saturated heterocycles. The van der Waals surface area contributed by atoms with Gasteiger partial charge in [0.15, 0.2) is 5.75 Å². The van der Waals surface area contributed by atoms with Gasteiger partial charge in [-0.05, 0) is 38.1 Å². The van der Waals surface area contributed by atoms with Gasteiger partial charge in [0.05, 0.1) is 16.3 Å². The third-order valence-electron chi connectivity index (χ3n) is 2.91. The zero-order chi connectivity index (χ0) is 15.6. The average molecular weight is 287 g/mol. The summed E-state index contributed by atoms with van der Waals surface area (Å²) in [5.41, 5.74) is 1.72. The van der Waals surface area contributed by atoms with E-state index < -0.39 is 22.3 Å². The molecule has 2 aromatic rings. The van der Waals surface area contributed by atoms with Crippen LogP contribution in [-0.2, 0) is 0 Å². The second kappa shape index (κ2) is 5.58. The van der Waals surface area contributed by atoms with Crippen molar-refractivity contribution in [1.82, 2.24) is 4.98 Å². The molecule has 0 radical (unpaired) electrons. The molecule has 7 heteroatoms. The number of carbonyl (C=O) groups excluding carboxylic acids is 1. The van der Waals surface area contributed by atoms with Crippen LogP contribution in [0.4, 0.5) is 11.4 Å². The SMILES string of the molecule is Cc1ccc(NC(=O)c2ccc([N+](=O)[O-])c(O)c2)c(C)n1. The molecule has 2 N–H and O–H groups in total. The van der Waals surface area contributed by atoms with Gasteiger partial charge in [-0.15, -0.1) is 0 Å². The van der Waals surface area contributed by atoms with E-state index in [-0.39, 0.29) is 5.56 Å². The number of benzene rings is 1. The molecule has 0 bridgehead atoms. The second-order valence-electron chi connectivity index (χ2n) is 4.50. The molecule has 21 heavy (non-hydrogen) atoms. The van der Waals surface area contributed by atoms with Crippen LogP contribution in [0.3, 0.4) is 0 Å². The van der Waals surface area contributed by atoms with Crippen LogP contribution in [0.2, 0.25) is 0 Å². The molecule has 0 unspecified atom stereocenters. The van der Waals surface area contributed by atoms with Gasteiger partial charge in [-0.25, -0.2) is 0 Å². The zero-order valence-corrected chi connectivity index (χ0v) is 11.5. The standard InChI is InChI=1S/C14H13N3O4/c1-8-3-5-11(9(2)15-8)16-14(19)10-4-6-12(17(20)21)13(18)7-10/h3-7,18H,1-2H3,(H,16,19). The number of aromatic hydroxyl groups is 1. The molecular formula is C14H13N3O4. The van der Waals surface area contributed by atoms with Gasteiger partial charge in [0.25, 0.3) is 5.91 Å². The maximum Gasteiger partial charge on any atom is 0.310 e. The maximum atomic E-state index is 12.1. The Morgan fingerprint density at radius 2 is 2.00 bits per heavy atom. The van der Waals surface area contributed by atoms with Gasteiger partial charge in [-0.2, -0.15) is 0 Å². The number of carbonyl (C=O) groups is 1. The molecule has 0 atom stereocenters. The van der Waals surface area contributed by atoms with E-state index in [2.05, 4.69) is 10.3 Å². The van der Waals surface area contributed by atoms with Crippen LogP contribution in [0, 0.1) is 24.0 Å². The predicted molar refractivity (Wildman–Crippen MR) is 76.4 cm³/mol. The van der Waals surface area contributed by atoms with Crippen molar-refractivity contribution in [2.24, 2.45) is 0 Å². The Bertz CT molecular complexity index is 728. The lowest BCUT2D eigenvalue weighted by Gasteiger charge is -2.08. The monoisotopic (exact) mass is 287 g/mol. The lowest BCUT2D eigenvalue weighted by atomic mass is 10.1. The third-order valence-corrected chi connectivity index (χ3v) is 2.91. The highest BCUT2D eigenvalue weighted by atomic mass is 16.6. The Labute approximate surface area is 120 Å². The summed E-state index contributed by atoms with van der Waals surface area (Å²) in [5, 5.41) is 22.8. The minimum absolute atomic E-state index is 0.123. The number of nitrogens with zero attached hydrogens (tertiary/aromatic N) is 2. The molecule has 0 spiro atoms. The van der Waals surface area contributed by atoms with E-state index in [1.807, 2.05) is 6.92 Å². The highest BCUT2D eigenvalue weighted by Gasteiger charge is 2.16. The van der Waals surface area contributed by atoms with Crippen molar-refractivity contribution >= 4 is 17.3 Å². The summed E-state index contributed by atoms with van der Waals surface area (Å²) >= 11 is 0. The summed E-state index contributed by atoms with van der Waals surface area (Å²) in [6.45, 7) is 3.60. The number of aryl methyl sites for hydroxylation is 2. The van der Waals surface area contributed by atoms with E-state index in [4.69, 9.17) is 0 Å². The van der Waals surface area contributed by atoms with E-state index in [0.29, 0.717) is 11.4 Å². The Morgan fingerprint density at radius 1 is 1.29 bits per heavy atom. The second-order valence-corrected chi connectivity index (χ2v) is 4.50. The van der Waals surface area contributed by atoms with Crippen molar-refractivity contribution in [2.75, 3.05) is 5.32 Å². The molecule has 1 aromatic carbocycles. The fourth-order valence-corrected chi connectivity index (χ4v) is 1.83. The van der Waals surface area contributed by atoms with E-state index in [0.717, 1.165) is 17.8 Å². The van der Waals surface area contributed by atoms with E-state index >= 15 is 0 Å². The van der Waals surface area contributed by atoms with Crippen molar-refractivity contribution < 1.29 is 14.8 Å². The van der Waals surface area contributed by atoms with Gasteiger partial charge >= 0.3 is 5.69 Å². The average Bonchev–Trinajstić information content (AvgIpc) is 2.41. The molecular weight excluding hydrogens is 274 g/mol. The van der Waals surface area contributed by atoms with Crippen LogP contribution >= 0.6 is 0 Å². The number of anilines is 1. The number of amides is 1. The summed E-state index contributed by atoms with van der Waals surface area (Å²) in [6, 6.07) is 6.91. The Hall–Kier alpha value is -2.96. The lowest BCUT2D eigenvalue weighted by molar-refractivity contribution is -0.385. The van der Waals surface area contributed by atoms with Crippen LogP contribution in [-0.4, -0.2) is 20.9 Å². The van der Waals surface area contributed by atoms with Crippen molar-refractivity contribution in [3.63, 3.8) is 0 Å². The van der Waals surface area contributed by atoms with Crippen molar-refractivity contribution in [2.45, 2.75) is 13.8 Å². The van der Waals surface area contributed by atoms with Crippen molar-refractivity contribution in [1.29, 1.82) is 0 Å². The number of hydrogen-bond donors (Lipinski definition) is 2. The molecule has 0 aliphatic carbocycles. The first kappa shape index (κ1) is 14.4. The minimum Gasteiger partial charge on any atom is -0.502 e. The Kier molecular flexibility index (Phi) is 3.84. The molecule has 0 fully saturated rings. The summed E-state index contributed by atoms with van der Waals surface area (Å²) in [5.74, 6) is -1.03. The minimum atomic E-state index is -0.717. The predicted octanol–water partition coefficient (Wildman–Crippen LogP) is 2.56. The quantitative estimate of drug-likeness (QED) is 0.666. The van der Waals surface area contributed by atoms with Gasteiger partial charge in [-0.3, -0.25) is 19.9 Å². The number of nitrogens with one attached hydrogen (secondary N) is 1. The largest absolute Gasteiger partial charge is 0.502 e. The van der Waals surface area contributed by atoms with Crippen LogP contribution in [0.25, 0.3) is 0 Å². The molecule has 0 aliphatic rings. The molecule has 7 nitrogen and oxygen atoms in total. The topological polar surface area (TPSA) is 105 Å². The van der Waals surface area contributed by atoms with Crippen LogP contribution in [0.1, 0.15) is 21.7 Å². The molecule has 1 aromatic heterocycles. The van der Waals surface area contributed by atoms with Gasteiger partial charge < -0.3 is 10.4 Å². The number of phenols is 1. The van der Waals surface area contributed by atoms with Crippen LogP contribution < -0.4 is 5.32 Å². The first-order valence-corrected chi connectivity index (χ1v) is 6.11. The van der Waals surface area contributed by atoms with Gasteiger partial charge in [-0.1, -0.05) is 0 Å². The zero-order valence-electron chi connectivity index (χ0n) is 11.5. The Morgan fingerprint density at radius 3 is 2.57 bits per heavy atom. The molecule has 0 aliphatic heterocycles. The first-order chi connectivity index (χ1) is 9.88. The molecule has 0 saturated carbocycles. The lowest BCUT2D eigenvalue weighted by Crippen LogP contribution is -2.13. The normalized spacial score (nSPS) is 10.2. The molecule has 1 amide bonds. The number of nitro benzene ring substituents is 1. The summed E-state index contributed by atoms with van der Waals surface area (Å²) < 4.78 is 0. The molecule has 2 rings (SSSR count). The fraction of sp³-hybridized carbons (Fsp3) is 0.143. The number of nitro groups is 1. The van der Waals surface area contributed by atoms with E-state index in [1.165, 1.54) is 6.07 Å². The summed E-state index contributed by atoms with van der Waals surface area (Å²) in [6.07, 6.45) is 0. The highest BCUT2D eigenvalue weighted by molar-refractivity contribution is 6.05. The summed E-state index contributed by atoms with van der Waals surface area (Å²) in [4.78, 5) is 26.2. The van der Waals surface area contributed by atoms with Gasteiger partial charge in [0, 0.05) is 17.3 Å². The van der Waals surface area contributed by atoms with Gasteiger partial charge in [0.1, 0.15) is 0 Å². The van der Waals surface area contributed by atoms with E-state index in [1.54, 1.807) is 19.1 Å². The van der Waals surface area contributed by atoms with Crippen molar-refractivity contribution in [3.05, 3.63) is 57.4 Å². The van der Waals surface area contributed by atoms with Gasteiger partial charge in [0.2, 0.25) is 0 Å². The summed E-state index contributed by atoms with van der Waals surface area (Å²) in [7, 11) is 0. The number of hydrogen-bond acceptors (Lipinski definition) is 5. The number of aromatic nitrogens is 1. The molecule has 1 heterocycles. The number of phenolic OH excluding ortho intramolecular Hbond substituents is 1. The van der Waals surface area contributed by atoms with Crippen LogP contribution in [0.5, 0.6) is 5.75 Å². The maximum absolute atomic E-state index is 12.1. The fourth-order valence-electron chi connectivity index (χ4n) is 1.83. The van der Waals surface area contributed by atoms with Crippen LogP contribution in [0.15, 0.2) is 30.3 Å². The van der Waals surface area contributed by atoms with Crippen molar-refractivity contribution in [3.8, 4) is 5.75 Å². The highest BCUT2D eigenvalue weighted by Crippen LogP contribution is 2.26.